The second-order valence-electron chi connectivity index (χ2n) is 10.8. The van der Waals surface area contributed by atoms with Gasteiger partial charge < -0.3 is 19.5 Å². The van der Waals surface area contributed by atoms with Gasteiger partial charge in [0.2, 0.25) is 0 Å². The van der Waals surface area contributed by atoms with Crippen LogP contribution in [0.1, 0.15) is 35.1 Å². The van der Waals surface area contributed by atoms with Crippen LogP contribution in [-0.2, 0) is 23.1 Å². The highest BCUT2D eigenvalue weighted by molar-refractivity contribution is 6.69. The van der Waals surface area contributed by atoms with Gasteiger partial charge in [0, 0.05) is 17.2 Å². The smallest absolute Gasteiger partial charge is 0.185 e. The van der Waals surface area contributed by atoms with Crippen molar-refractivity contribution >= 4 is 8.32 Å². The van der Waals surface area contributed by atoms with Crippen LogP contribution in [0.15, 0.2) is 48.5 Å². The lowest BCUT2D eigenvalue weighted by molar-refractivity contribution is -0.872. The second kappa shape index (κ2) is 9.97. The van der Waals surface area contributed by atoms with Crippen LogP contribution in [0.3, 0.4) is 0 Å². The molecule has 3 rings (SSSR count). The van der Waals surface area contributed by atoms with Crippen molar-refractivity contribution in [3.63, 3.8) is 0 Å². The summed E-state index contributed by atoms with van der Waals surface area (Å²) < 4.78 is 7.19. The molecule has 0 saturated carbocycles. The molecule has 2 aromatic carbocycles. The molecule has 1 heterocycles. The largest absolute Gasteiger partial charge is 0.403 e. The van der Waals surface area contributed by atoms with E-state index in [0.29, 0.717) is 0 Å². The van der Waals surface area contributed by atoms with Crippen LogP contribution in [0, 0.1) is 0 Å². The summed E-state index contributed by atoms with van der Waals surface area (Å²) in [6.45, 7) is 10.1. The minimum absolute atomic E-state index is 0.287. The molecular formula is C26H43N3OSi+2. The predicted molar refractivity (Wildman–Crippen MR) is 132 cm³/mol. The van der Waals surface area contributed by atoms with Gasteiger partial charge in [-0.2, -0.15) is 0 Å². The van der Waals surface area contributed by atoms with Crippen molar-refractivity contribution in [2.75, 3.05) is 34.7 Å². The molecule has 0 radical (unpaired) electrons. The molecule has 0 amide bonds. The van der Waals surface area contributed by atoms with E-state index in [9.17, 15) is 0 Å². The Bertz CT molecular complexity index is 766. The molecule has 1 fully saturated rings. The van der Waals surface area contributed by atoms with E-state index < -0.39 is 13.9 Å². The van der Waals surface area contributed by atoms with Gasteiger partial charge in [-0.15, -0.1) is 0 Å². The Balaban J connectivity index is 2.11. The Kier molecular flexibility index (Phi) is 7.76. The quantitative estimate of drug-likeness (QED) is 0.519. The van der Waals surface area contributed by atoms with Crippen molar-refractivity contribution in [2.24, 2.45) is 0 Å². The summed E-state index contributed by atoms with van der Waals surface area (Å²) in [5.74, 6) is 0. The molecule has 2 aromatic rings. The monoisotopic (exact) mass is 441 g/mol. The normalized spacial score (nSPS) is 17.6. The maximum atomic E-state index is 7.19. The summed E-state index contributed by atoms with van der Waals surface area (Å²) in [5.41, 5.74) is 4.84. The first-order valence-electron chi connectivity index (χ1n) is 11.8. The highest BCUT2D eigenvalue weighted by atomic mass is 28.4. The zero-order valence-corrected chi connectivity index (χ0v) is 21.6. The minimum atomic E-state index is -1.85. The lowest BCUT2D eigenvalue weighted by Crippen LogP contribution is -3.04. The maximum absolute atomic E-state index is 7.19. The third kappa shape index (κ3) is 6.05. The Morgan fingerprint density at radius 1 is 0.839 bits per heavy atom. The van der Waals surface area contributed by atoms with Crippen molar-refractivity contribution in [3.05, 3.63) is 70.8 Å². The molecule has 31 heavy (non-hydrogen) atoms. The van der Waals surface area contributed by atoms with Crippen molar-refractivity contribution in [1.29, 1.82) is 0 Å². The molecule has 1 aliphatic heterocycles. The van der Waals surface area contributed by atoms with Crippen LogP contribution in [-0.4, -0.2) is 49.1 Å². The second-order valence-corrected chi connectivity index (χ2v) is 15.2. The highest BCUT2D eigenvalue weighted by Gasteiger charge is 2.47. The van der Waals surface area contributed by atoms with Gasteiger partial charge in [-0.25, -0.2) is 0 Å². The number of benzene rings is 2. The molecule has 0 unspecified atom stereocenters. The van der Waals surface area contributed by atoms with Gasteiger partial charge in [0.05, 0.1) is 28.2 Å². The standard InChI is InChI=1S/C26H41N3OSi/c1-28(2)19-21-10-14-23(15-11-21)26(30-31(5,6)7,25-9-8-18-27-25)24-16-12-22(13-17-24)20-29(3)4/h10-17,25,27H,8-9,18-20H2,1-7H3/p+2/t25-/m0/s1. The number of hydrogen-bond donors (Lipinski definition) is 3. The first-order valence-corrected chi connectivity index (χ1v) is 15.2. The fourth-order valence-electron chi connectivity index (χ4n) is 4.83. The third-order valence-corrected chi connectivity index (χ3v) is 6.83. The molecule has 1 aliphatic rings. The van der Waals surface area contributed by atoms with Gasteiger partial charge in [-0.3, -0.25) is 0 Å². The summed E-state index contributed by atoms with van der Waals surface area (Å²) in [6.07, 6.45) is 2.34. The Morgan fingerprint density at radius 2 is 1.29 bits per heavy atom. The van der Waals surface area contributed by atoms with Gasteiger partial charge in [0.1, 0.15) is 18.7 Å². The van der Waals surface area contributed by atoms with Crippen LogP contribution in [0.4, 0.5) is 0 Å². The number of nitrogens with one attached hydrogen (secondary N) is 3. The number of rotatable bonds is 9. The predicted octanol–water partition coefficient (Wildman–Crippen LogP) is 1.82. The van der Waals surface area contributed by atoms with E-state index in [2.05, 4.69) is 102 Å². The molecule has 3 N–H and O–H groups in total. The van der Waals surface area contributed by atoms with Crippen LogP contribution in [0.25, 0.3) is 0 Å². The molecule has 0 aromatic heterocycles. The average molecular weight is 442 g/mol. The first-order chi connectivity index (χ1) is 14.6. The molecule has 1 saturated heterocycles. The topological polar surface area (TPSA) is 30.1 Å². The van der Waals surface area contributed by atoms with Gasteiger partial charge in [0.15, 0.2) is 8.32 Å². The van der Waals surface area contributed by atoms with E-state index in [4.69, 9.17) is 4.43 Å². The fourth-order valence-corrected chi connectivity index (χ4v) is 6.17. The van der Waals surface area contributed by atoms with E-state index in [0.717, 1.165) is 26.1 Å². The van der Waals surface area contributed by atoms with Gasteiger partial charge in [-0.05, 0) is 50.2 Å². The molecule has 4 nitrogen and oxygen atoms in total. The third-order valence-electron chi connectivity index (χ3n) is 5.90. The lowest BCUT2D eigenvalue weighted by atomic mass is 9.79. The van der Waals surface area contributed by atoms with E-state index in [1.807, 2.05) is 0 Å². The van der Waals surface area contributed by atoms with Crippen molar-refractivity contribution in [2.45, 2.75) is 57.2 Å². The highest BCUT2D eigenvalue weighted by Crippen LogP contribution is 2.42. The zero-order valence-electron chi connectivity index (χ0n) is 20.6. The van der Waals surface area contributed by atoms with Crippen molar-refractivity contribution in [3.8, 4) is 0 Å². The maximum Gasteiger partial charge on any atom is 0.185 e. The Labute approximate surface area is 190 Å². The fraction of sp³-hybridized carbons (Fsp3) is 0.538. The number of quaternary nitrogens is 2. The summed E-state index contributed by atoms with van der Waals surface area (Å²) in [4.78, 5) is 2.88. The Morgan fingerprint density at radius 3 is 1.61 bits per heavy atom. The molecular weight excluding hydrogens is 398 g/mol. The average Bonchev–Trinajstić information content (AvgIpc) is 3.21. The SMILES string of the molecule is C[NH+](C)Cc1ccc(C(O[Si](C)(C)C)(c2ccc(C[NH+](C)C)cc2)[C@@H]2CCCN2)cc1. The van der Waals surface area contributed by atoms with Gasteiger partial charge in [0.25, 0.3) is 0 Å². The minimum Gasteiger partial charge on any atom is -0.403 e. The summed E-state index contributed by atoms with van der Waals surface area (Å²) in [5, 5.41) is 3.80. The van der Waals surface area contributed by atoms with E-state index >= 15 is 0 Å². The van der Waals surface area contributed by atoms with Crippen LogP contribution < -0.4 is 15.1 Å². The summed E-state index contributed by atoms with van der Waals surface area (Å²) in [6, 6.07) is 18.7. The van der Waals surface area contributed by atoms with Crippen LogP contribution in [0.5, 0.6) is 0 Å². The van der Waals surface area contributed by atoms with Gasteiger partial charge >= 0.3 is 0 Å². The molecule has 0 spiro atoms. The van der Waals surface area contributed by atoms with Crippen molar-refractivity contribution in [1.82, 2.24) is 5.32 Å². The zero-order chi connectivity index (χ0) is 22.6. The van der Waals surface area contributed by atoms with Crippen LogP contribution in [0.2, 0.25) is 19.6 Å². The molecule has 0 bridgehead atoms. The molecule has 0 aliphatic carbocycles. The van der Waals surface area contributed by atoms with Crippen LogP contribution >= 0.6 is 0 Å². The van der Waals surface area contributed by atoms with Crippen molar-refractivity contribution < 1.29 is 14.2 Å². The van der Waals surface area contributed by atoms with E-state index in [-0.39, 0.29) is 6.04 Å². The summed E-state index contributed by atoms with van der Waals surface area (Å²) in [7, 11) is 6.95. The first kappa shape index (κ1) is 24.1. The van der Waals surface area contributed by atoms with Gasteiger partial charge in [-0.1, -0.05) is 48.5 Å². The molecule has 5 heteroatoms. The molecule has 1 atom stereocenters. The van der Waals surface area contributed by atoms with E-state index in [1.54, 1.807) is 0 Å². The Hall–Kier alpha value is -1.50. The number of hydrogen-bond acceptors (Lipinski definition) is 2. The van der Waals surface area contributed by atoms with E-state index in [1.165, 1.54) is 38.5 Å². The lowest BCUT2D eigenvalue weighted by Gasteiger charge is -2.44. The summed E-state index contributed by atoms with van der Waals surface area (Å²) >= 11 is 0. The molecule has 170 valence electrons.